The fraction of sp³-hybridized carbons (Fsp3) is 0.200. The lowest BCUT2D eigenvalue weighted by molar-refractivity contribution is -0.121. The maximum atomic E-state index is 12.1. The Morgan fingerprint density at radius 3 is 2.50 bits per heavy atom. The average Bonchev–Trinajstić information content (AvgIpc) is 2.91. The Morgan fingerprint density at radius 1 is 1.18 bits per heavy atom. The molecule has 0 spiro atoms. The Balaban J connectivity index is 1.94. The molecule has 1 unspecified atom stereocenters. The van der Waals surface area contributed by atoms with Crippen molar-refractivity contribution in [1.82, 2.24) is 10.6 Å². The standard InChI is InChI=1S/C15H16ClN3O2S/c16-13-7-6-11(22-13)9-18-14(20)8-12(19-15(17)21)10-4-2-1-3-5-10/h1-7,12H,8-9H2,(H,18,20)(H3,17,19,21). The number of carbonyl (C=O) groups is 2. The Morgan fingerprint density at radius 2 is 1.91 bits per heavy atom. The Labute approximate surface area is 137 Å². The van der Waals surface area contributed by atoms with E-state index in [0.29, 0.717) is 10.9 Å². The molecule has 0 aliphatic rings. The van der Waals surface area contributed by atoms with Crippen LogP contribution < -0.4 is 16.4 Å². The van der Waals surface area contributed by atoms with E-state index >= 15 is 0 Å². The third-order valence-corrected chi connectivity index (χ3v) is 4.23. The third-order valence-electron chi connectivity index (χ3n) is 3.00. The highest BCUT2D eigenvalue weighted by Gasteiger charge is 2.17. The third kappa shape index (κ3) is 5.05. The van der Waals surface area contributed by atoms with Gasteiger partial charge in [-0.15, -0.1) is 11.3 Å². The van der Waals surface area contributed by atoms with Gasteiger partial charge in [0.1, 0.15) is 0 Å². The quantitative estimate of drug-likeness (QED) is 0.757. The van der Waals surface area contributed by atoms with Gasteiger partial charge in [0.05, 0.1) is 23.3 Å². The van der Waals surface area contributed by atoms with Crippen LogP contribution in [0, 0.1) is 0 Å². The molecule has 0 bridgehead atoms. The van der Waals surface area contributed by atoms with Crippen LogP contribution in [0.25, 0.3) is 0 Å². The first-order valence-electron chi connectivity index (χ1n) is 6.66. The van der Waals surface area contributed by atoms with E-state index < -0.39 is 12.1 Å². The van der Waals surface area contributed by atoms with E-state index in [1.54, 1.807) is 6.07 Å². The highest BCUT2D eigenvalue weighted by Crippen LogP contribution is 2.21. The van der Waals surface area contributed by atoms with Gasteiger partial charge in [0.2, 0.25) is 5.91 Å². The number of thiophene rings is 1. The number of hydrogen-bond donors (Lipinski definition) is 3. The van der Waals surface area contributed by atoms with Crippen LogP contribution in [-0.4, -0.2) is 11.9 Å². The molecule has 1 heterocycles. The lowest BCUT2D eigenvalue weighted by Gasteiger charge is -2.17. The van der Waals surface area contributed by atoms with Crippen LogP contribution in [0.3, 0.4) is 0 Å². The van der Waals surface area contributed by atoms with Crippen LogP contribution in [0.1, 0.15) is 22.9 Å². The van der Waals surface area contributed by atoms with E-state index in [2.05, 4.69) is 10.6 Å². The normalized spacial score (nSPS) is 11.7. The topological polar surface area (TPSA) is 84.2 Å². The Hall–Kier alpha value is -2.05. The van der Waals surface area contributed by atoms with Crippen molar-refractivity contribution in [2.75, 3.05) is 0 Å². The van der Waals surface area contributed by atoms with Crippen molar-refractivity contribution in [3.05, 3.63) is 57.2 Å². The van der Waals surface area contributed by atoms with Crippen molar-refractivity contribution in [2.24, 2.45) is 5.73 Å². The van der Waals surface area contributed by atoms with Crippen LogP contribution in [0.15, 0.2) is 42.5 Å². The van der Waals surface area contributed by atoms with Crippen LogP contribution >= 0.6 is 22.9 Å². The first kappa shape index (κ1) is 16.3. The van der Waals surface area contributed by atoms with E-state index in [4.69, 9.17) is 17.3 Å². The van der Waals surface area contributed by atoms with Crippen LogP contribution in [-0.2, 0) is 11.3 Å². The summed E-state index contributed by atoms with van der Waals surface area (Å²) in [5.41, 5.74) is 6.01. The molecule has 116 valence electrons. The molecule has 22 heavy (non-hydrogen) atoms. The number of hydrogen-bond acceptors (Lipinski definition) is 3. The summed E-state index contributed by atoms with van der Waals surface area (Å²) in [5, 5.41) is 5.40. The lowest BCUT2D eigenvalue weighted by Crippen LogP contribution is -2.36. The fourth-order valence-corrected chi connectivity index (χ4v) is 3.03. The molecule has 1 aromatic carbocycles. The molecule has 0 aliphatic heterocycles. The second kappa shape index (κ2) is 7.82. The van der Waals surface area contributed by atoms with Crippen molar-refractivity contribution in [3.63, 3.8) is 0 Å². The number of carbonyl (C=O) groups excluding carboxylic acids is 2. The van der Waals surface area contributed by atoms with Crippen LogP contribution in [0.2, 0.25) is 4.34 Å². The minimum atomic E-state index is -0.660. The molecular formula is C15H16ClN3O2S. The molecule has 1 aromatic heterocycles. The zero-order valence-electron chi connectivity index (χ0n) is 11.7. The lowest BCUT2D eigenvalue weighted by atomic mass is 10.0. The number of benzene rings is 1. The molecular weight excluding hydrogens is 322 g/mol. The molecule has 4 N–H and O–H groups in total. The van der Waals surface area contributed by atoms with Crippen molar-refractivity contribution >= 4 is 34.9 Å². The number of halogens is 1. The summed E-state index contributed by atoms with van der Waals surface area (Å²) >= 11 is 7.26. The van der Waals surface area contributed by atoms with Crippen molar-refractivity contribution in [3.8, 4) is 0 Å². The molecule has 0 aliphatic carbocycles. The maximum Gasteiger partial charge on any atom is 0.312 e. The predicted molar refractivity (Wildman–Crippen MR) is 87.7 cm³/mol. The fourth-order valence-electron chi connectivity index (χ4n) is 2.00. The van der Waals surface area contributed by atoms with E-state index in [0.717, 1.165) is 10.4 Å². The molecule has 0 fully saturated rings. The summed E-state index contributed by atoms with van der Waals surface area (Å²) in [5.74, 6) is -0.174. The maximum absolute atomic E-state index is 12.1. The van der Waals surface area contributed by atoms with Gasteiger partial charge in [-0.3, -0.25) is 4.79 Å². The Kier molecular flexibility index (Phi) is 5.80. The van der Waals surface area contributed by atoms with Gasteiger partial charge in [-0.25, -0.2) is 4.79 Å². The number of rotatable bonds is 6. The summed E-state index contributed by atoms with van der Waals surface area (Å²) in [7, 11) is 0. The predicted octanol–water partition coefficient (Wildman–Crippen LogP) is 2.82. The van der Waals surface area contributed by atoms with Crippen LogP contribution in [0.5, 0.6) is 0 Å². The monoisotopic (exact) mass is 337 g/mol. The van der Waals surface area contributed by atoms with Gasteiger partial charge in [-0.1, -0.05) is 41.9 Å². The van der Waals surface area contributed by atoms with E-state index in [9.17, 15) is 9.59 Å². The number of primary amides is 1. The molecule has 2 aromatic rings. The molecule has 0 saturated carbocycles. The number of nitrogens with two attached hydrogens (primary N) is 1. The molecule has 5 nitrogen and oxygen atoms in total. The van der Waals surface area contributed by atoms with Gasteiger partial charge in [0.15, 0.2) is 0 Å². The molecule has 3 amide bonds. The molecule has 1 atom stereocenters. The van der Waals surface area contributed by atoms with Crippen molar-refractivity contribution in [1.29, 1.82) is 0 Å². The first-order chi connectivity index (χ1) is 10.5. The highest BCUT2D eigenvalue weighted by atomic mass is 35.5. The zero-order valence-corrected chi connectivity index (χ0v) is 13.3. The van der Waals surface area contributed by atoms with E-state index in [1.165, 1.54) is 11.3 Å². The largest absolute Gasteiger partial charge is 0.352 e. The summed E-state index contributed by atoms with van der Waals surface area (Å²) in [6, 6.07) is 11.8. The molecule has 0 radical (unpaired) electrons. The van der Waals surface area contributed by atoms with Gasteiger partial charge >= 0.3 is 6.03 Å². The number of urea groups is 1. The van der Waals surface area contributed by atoms with E-state index in [1.807, 2.05) is 36.4 Å². The number of nitrogens with one attached hydrogen (secondary N) is 2. The second-order valence-electron chi connectivity index (χ2n) is 4.66. The SMILES string of the molecule is NC(=O)NC(CC(=O)NCc1ccc(Cl)s1)c1ccccc1. The minimum Gasteiger partial charge on any atom is -0.352 e. The Bertz CT molecular complexity index is 645. The van der Waals surface area contributed by atoms with Crippen molar-refractivity contribution in [2.45, 2.75) is 19.0 Å². The van der Waals surface area contributed by atoms with Gasteiger partial charge in [-0.2, -0.15) is 0 Å². The average molecular weight is 338 g/mol. The molecule has 0 saturated heterocycles. The smallest absolute Gasteiger partial charge is 0.312 e. The number of amides is 3. The summed E-state index contributed by atoms with van der Waals surface area (Å²) in [4.78, 5) is 24.1. The highest BCUT2D eigenvalue weighted by molar-refractivity contribution is 7.16. The van der Waals surface area contributed by atoms with E-state index in [-0.39, 0.29) is 12.3 Å². The minimum absolute atomic E-state index is 0.117. The van der Waals surface area contributed by atoms with Gasteiger partial charge < -0.3 is 16.4 Å². The summed E-state index contributed by atoms with van der Waals surface area (Å²) in [6.07, 6.45) is 0.117. The first-order valence-corrected chi connectivity index (χ1v) is 7.86. The molecule has 7 heteroatoms. The van der Waals surface area contributed by atoms with Crippen LogP contribution in [0.4, 0.5) is 4.79 Å². The van der Waals surface area contributed by atoms with Gasteiger partial charge in [-0.05, 0) is 17.7 Å². The molecule has 2 rings (SSSR count). The van der Waals surface area contributed by atoms with Gasteiger partial charge in [0, 0.05) is 4.88 Å². The van der Waals surface area contributed by atoms with Gasteiger partial charge in [0.25, 0.3) is 0 Å². The summed E-state index contributed by atoms with van der Waals surface area (Å²) in [6.45, 7) is 0.411. The second-order valence-corrected chi connectivity index (χ2v) is 6.46. The van der Waals surface area contributed by atoms with Crippen molar-refractivity contribution < 1.29 is 9.59 Å². The summed E-state index contributed by atoms with van der Waals surface area (Å²) < 4.78 is 0.682. The zero-order chi connectivity index (χ0) is 15.9.